The molecule has 10 heteroatoms. The third-order valence-electron chi connectivity index (χ3n) is 14.8. The minimum Gasteiger partial charge on any atom is -0.461 e. The van der Waals surface area contributed by atoms with Crippen LogP contribution in [0.1, 0.15) is 146 Å². The van der Waals surface area contributed by atoms with Crippen molar-refractivity contribution in [1.29, 1.82) is 0 Å². The largest absolute Gasteiger partial charge is 0.461 e. The third-order valence-corrected chi connectivity index (χ3v) is 17.2. The van der Waals surface area contributed by atoms with Crippen molar-refractivity contribution >= 4 is 57.1 Å². The highest BCUT2D eigenvalue weighted by Gasteiger charge is 2.72. The van der Waals surface area contributed by atoms with Crippen molar-refractivity contribution in [2.75, 3.05) is 0 Å². The van der Waals surface area contributed by atoms with Gasteiger partial charge in [0, 0.05) is 16.7 Å². The summed E-state index contributed by atoms with van der Waals surface area (Å²) < 4.78 is 11.4. The van der Waals surface area contributed by atoms with E-state index in [1.807, 2.05) is 69.2 Å². The van der Waals surface area contributed by atoms with Gasteiger partial charge in [-0.3, -0.25) is 9.59 Å². The van der Waals surface area contributed by atoms with Gasteiger partial charge in [0.15, 0.2) is 0 Å². The van der Waals surface area contributed by atoms with E-state index in [4.69, 9.17) is 9.47 Å². The molecule has 0 aromatic rings. The smallest absolute Gasteiger partial charge is 0.322 e. The van der Waals surface area contributed by atoms with Gasteiger partial charge in [-0.1, -0.05) is 59.0 Å². The van der Waals surface area contributed by atoms with Crippen LogP contribution in [0.2, 0.25) is 0 Å². The molecule has 13 atom stereocenters. The Morgan fingerprint density at radius 3 is 1.84 bits per heavy atom. The first-order chi connectivity index (χ1) is 22.1. The Kier molecular flexibility index (Phi) is 10.4. The molecule has 8 nitrogen and oxygen atoms in total. The van der Waals surface area contributed by atoms with Crippen LogP contribution in [-0.2, 0) is 19.1 Å². The van der Waals surface area contributed by atoms with Crippen molar-refractivity contribution in [3.05, 3.63) is 0 Å². The summed E-state index contributed by atoms with van der Waals surface area (Å²) >= 11 is 4.35. The summed E-state index contributed by atoms with van der Waals surface area (Å²) in [6.07, 6.45) is 7.21. The monoisotopic (exact) mass is 914 g/mol. The van der Waals surface area contributed by atoms with E-state index in [2.05, 4.69) is 45.2 Å². The van der Waals surface area contributed by atoms with Gasteiger partial charge in [-0.2, -0.15) is 0 Å². The van der Waals surface area contributed by atoms with Gasteiger partial charge >= 0.3 is 11.9 Å². The van der Waals surface area contributed by atoms with Crippen LogP contribution in [0.25, 0.3) is 0 Å². The maximum absolute atomic E-state index is 13.6. The van der Waals surface area contributed by atoms with Crippen LogP contribution in [0.3, 0.4) is 0 Å². The zero-order valence-electron chi connectivity index (χ0n) is 31.6. The third kappa shape index (κ3) is 7.02. The van der Waals surface area contributed by atoms with Gasteiger partial charge in [0.05, 0.1) is 22.4 Å². The first kappa shape index (κ1) is 40.4. The average Bonchev–Trinajstić information content (AvgIpc) is 3.53. The zero-order chi connectivity index (χ0) is 37.0. The number of fused-ring (bicyclic) bond motifs is 2. The molecule has 6 bridgehead atoms. The predicted octanol–water partition coefficient (Wildman–Crippen LogP) is 7.45. The molecule has 0 amide bonds. The number of alkyl halides is 2. The molecular formula is C39H64I2O8. The normalized spacial score (nSPS) is 41.8. The molecule has 0 saturated heterocycles. The highest BCUT2D eigenvalue weighted by atomic mass is 127. The second kappa shape index (κ2) is 12.7. The number of rotatable bonds is 13. The van der Waals surface area contributed by atoms with E-state index in [-0.39, 0.29) is 47.6 Å². The lowest BCUT2D eigenvalue weighted by atomic mass is 9.37. The molecule has 0 radical (unpaired) electrons. The number of hydrogen-bond donors (Lipinski definition) is 4. The maximum atomic E-state index is 13.6. The van der Waals surface area contributed by atoms with E-state index in [0.29, 0.717) is 51.4 Å². The van der Waals surface area contributed by atoms with Crippen LogP contribution in [0.15, 0.2) is 0 Å². The van der Waals surface area contributed by atoms with Crippen LogP contribution < -0.4 is 0 Å². The summed E-state index contributed by atoms with van der Waals surface area (Å²) in [6, 6.07) is 0. The van der Waals surface area contributed by atoms with E-state index in [9.17, 15) is 30.0 Å². The number of hydrogen-bond acceptors (Lipinski definition) is 8. The molecule has 49 heavy (non-hydrogen) atoms. The number of aliphatic hydroxyl groups is 4. The fourth-order valence-electron chi connectivity index (χ4n) is 11.8. The van der Waals surface area contributed by atoms with Gasteiger partial charge in [-0.15, -0.1) is 0 Å². The van der Waals surface area contributed by atoms with Crippen molar-refractivity contribution in [2.24, 2.45) is 40.4 Å². The van der Waals surface area contributed by atoms with Gasteiger partial charge in [0.1, 0.15) is 18.5 Å². The van der Waals surface area contributed by atoms with Crippen molar-refractivity contribution in [3.63, 3.8) is 0 Å². The average molecular weight is 915 g/mol. The number of ether oxygens (including phenoxy) is 2. The second-order valence-corrected chi connectivity index (χ2v) is 24.2. The molecule has 0 aliphatic heterocycles. The lowest BCUT2D eigenvalue weighted by Gasteiger charge is -2.71. The van der Waals surface area contributed by atoms with Crippen molar-refractivity contribution < 1.29 is 39.5 Å². The Hall–Kier alpha value is 0.240. The highest BCUT2D eigenvalue weighted by Crippen LogP contribution is 2.73. The topological polar surface area (TPSA) is 134 Å². The summed E-state index contributed by atoms with van der Waals surface area (Å²) in [5, 5.41) is 48.3. The minimum atomic E-state index is -1.25. The van der Waals surface area contributed by atoms with Crippen LogP contribution in [0, 0.1) is 40.4 Å². The Morgan fingerprint density at radius 2 is 1.29 bits per heavy atom. The van der Waals surface area contributed by atoms with Crippen LogP contribution in [0.5, 0.6) is 0 Å². The Bertz CT molecular complexity index is 1300. The first-order valence-electron chi connectivity index (χ1n) is 18.8. The molecule has 0 aromatic carbocycles. The van der Waals surface area contributed by atoms with Crippen molar-refractivity contribution in [2.45, 2.75) is 187 Å². The molecule has 0 aromatic heterocycles. The second-order valence-electron chi connectivity index (χ2n) is 19.5. The van der Waals surface area contributed by atoms with E-state index in [1.54, 1.807) is 0 Å². The number of halogens is 2. The molecule has 7 unspecified atom stereocenters. The fourth-order valence-corrected chi connectivity index (χ4v) is 12.1. The Balaban J connectivity index is 1.42. The molecule has 6 saturated carbocycles. The number of carbonyl (C=O) groups is 2. The highest BCUT2D eigenvalue weighted by molar-refractivity contribution is 14.1. The number of carbonyl (C=O) groups excluding carboxylic acids is 2. The lowest BCUT2D eigenvalue weighted by Crippen LogP contribution is -2.71. The van der Waals surface area contributed by atoms with Crippen molar-refractivity contribution in [1.82, 2.24) is 0 Å². The zero-order valence-corrected chi connectivity index (χ0v) is 35.9. The summed E-state index contributed by atoms with van der Waals surface area (Å²) in [7, 11) is 0. The molecule has 0 heterocycles. The summed E-state index contributed by atoms with van der Waals surface area (Å²) in [4.78, 5) is 26.8. The van der Waals surface area contributed by atoms with Gasteiger partial charge < -0.3 is 29.9 Å². The van der Waals surface area contributed by atoms with Gasteiger partial charge in [0.2, 0.25) is 0 Å². The lowest BCUT2D eigenvalue weighted by molar-refractivity contribution is -0.291. The molecule has 4 N–H and O–H groups in total. The van der Waals surface area contributed by atoms with Gasteiger partial charge in [-0.25, -0.2) is 0 Å². The summed E-state index contributed by atoms with van der Waals surface area (Å²) in [5.74, 6) is -0.707. The molecule has 282 valence electrons. The number of esters is 2. The molecule has 6 aliphatic rings. The van der Waals surface area contributed by atoms with E-state index < -0.39 is 45.7 Å². The SMILES string of the molecule is CCC(C)(I)C(=O)OC12CC3CC(C(C)(C)O)(C1)CC(C(C)(O)CCC(C)(O)[C@@H]1[C@H]4C[C@H](C[C@H]4OC(=O)[C@@](C)(I)CC)[C@@H]1C(C)(C)O)(C3)C2. The molecule has 6 fully saturated rings. The maximum Gasteiger partial charge on any atom is 0.322 e. The quantitative estimate of drug-likeness (QED) is 0.0852. The van der Waals surface area contributed by atoms with Gasteiger partial charge in [0.25, 0.3) is 0 Å². The Labute approximate surface area is 322 Å². The first-order valence-corrected chi connectivity index (χ1v) is 21.0. The van der Waals surface area contributed by atoms with E-state index in [1.165, 1.54) is 0 Å². The van der Waals surface area contributed by atoms with Crippen LogP contribution in [-0.4, -0.2) is 73.3 Å². The fraction of sp³-hybridized carbons (Fsp3) is 0.949. The molecule has 0 spiro atoms. The van der Waals surface area contributed by atoms with E-state index >= 15 is 0 Å². The minimum absolute atomic E-state index is 0.0868. The van der Waals surface area contributed by atoms with E-state index in [0.717, 1.165) is 25.7 Å². The van der Waals surface area contributed by atoms with Gasteiger partial charge in [-0.05, 0) is 156 Å². The summed E-state index contributed by atoms with van der Waals surface area (Å²) in [5.41, 5.74) is -6.41. The van der Waals surface area contributed by atoms with Crippen LogP contribution >= 0.6 is 45.2 Å². The van der Waals surface area contributed by atoms with Crippen LogP contribution in [0.4, 0.5) is 0 Å². The molecule has 6 rings (SSSR count). The molecule has 6 aliphatic carbocycles. The predicted molar refractivity (Wildman–Crippen MR) is 206 cm³/mol. The Morgan fingerprint density at radius 1 is 0.735 bits per heavy atom. The summed E-state index contributed by atoms with van der Waals surface area (Å²) in [6.45, 7) is 18.9. The molecular weight excluding hydrogens is 850 g/mol. The standard InChI is InChI=1S/C39H64I2O8/c1-11-33(7,40)29(42)48-26-16-24-15-25(26)28(27(24)31(3,4)44)35(9,46)13-14-36(10,47)38-18-23-17-37(20-38,32(5,6)45)21-39(19-23,22-38)49-30(43)34(8,41)12-2/h23-28,44-47H,11-22H2,1-10H3/t23?,24-,25+,26-,27+,28-,33+,34?,35?,36?,37?,38?,39?/m1/s1. The van der Waals surface area contributed by atoms with Crippen molar-refractivity contribution in [3.8, 4) is 0 Å².